The van der Waals surface area contributed by atoms with Crippen molar-refractivity contribution < 1.29 is 0 Å². The second kappa shape index (κ2) is 6.66. The minimum absolute atomic E-state index is 0.261. The van der Waals surface area contributed by atoms with Gasteiger partial charge < -0.3 is 0 Å². The number of halogens is 2. The van der Waals surface area contributed by atoms with E-state index in [1.807, 2.05) is 18.2 Å². The third-order valence-electron chi connectivity index (χ3n) is 3.66. The van der Waals surface area contributed by atoms with E-state index in [4.69, 9.17) is 23.2 Å². The molecule has 0 nitrogen and oxygen atoms in total. The van der Waals surface area contributed by atoms with Gasteiger partial charge in [0.2, 0.25) is 0 Å². The highest BCUT2D eigenvalue weighted by Crippen LogP contribution is 2.29. The lowest BCUT2D eigenvalue weighted by Gasteiger charge is -2.23. The van der Waals surface area contributed by atoms with Gasteiger partial charge in [0.1, 0.15) is 0 Å². The van der Waals surface area contributed by atoms with Crippen LogP contribution in [0, 0.1) is 5.92 Å². The first-order chi connectivity index (χ1) is 8.24. The average Bonchev–Trinajstić information content (AvgIpc) is 2.30. The Morgan fingerprint density at radius 2 is 1.94 bits per heavy atom. The second-order valence-corrected chi connectivity index (χ2v) is 6.22. The second-order valence-electron chi connectivity index (χ2n) is 5.17. The van der Waals surface area contributed by atoms with Crippen molar-refractivity contribution in [3.63, 3.8) is 0 Å². The fourth-order valence-electron chi connectivity index (χ4n) is 2.79. The first kappa shape index (κ1) is 13.2. The molecule has 1 atom stereocenters. The molecule has 0 aliphatic heterocycles. The zero-order valence-electron chi connectivity index (χ0n) is 10.2. The van der Waals surface area contributed by atoms with Gasteiger partial charge in [0.15, 0.2) is 0 Å². The topological polar surface area (TPSA) is 0 Å². The molecule has 2 heteroatoms. The van der Waals surface area contributed by atoms with Gasteiger partial charge in [0, 0.05) is 10.4 Å². The van der Waals surface area contributed by atoms with Crippen molar-refractivity contribution in [2.45, 2.75) is 50.3 Å². The van der Waals surface area contributed by atoms with Crippen LogP contribution in [0.4, 0.5) is 0 Å². The minimum Gasteiger partial charge on any atom is -0.123 e. The Bertz CT molecular complexity index is 343. The molecule has 1 aliphatic rings. The summed E-state index contributed by atoms with van der Waals surface area (Å²) in [5, 5.41) is 1.07. The smallest absolute Gasteiger partial charge is 0.0408 e. The molecule has 1 aliphatic carbocycles. The third-order valence-corrected chi connectivity index (χ3v) is 4.23. The molecule has 1 unspecified atom stereocenters. The third kappa shape index (κ3) is 4.52. The molecule has 0 radical (unpaired) electrons. The summed E-state index contributed by atoms with van der Waals surface area (Å²) in [6.45, 7) is 0. The largest absolute Gasteiger partial charge is 0.123 e. The quantitative estimate of drug-likeness (QED) is 0.638. The molecule has 1 aromatic rings. The van der Waals surface area contributed by atoms with Gasteiger partial charge in [-0.05, 0) is 36.5 Å². The fourth-order valence-corrected chi connectivity index (χ4v) is 3.43. The maximum atomic E-state index is 6.46. The van der Waals surface area contributed by atoms with Crippen LogP contribution in [0.15, 0.2) is 24.3 Å². The number of hydrogen-bond donors (Lipinski definition) is 0. The van der Waals surface area contributed by atoms with Crippen LogP contribution in [0.1, 0.15) is 44.1 Å². The summed E-state index contributed by atoms with van der Waals surface area (Å²) in [6.07, 6.45) is 9.05. The number of benzene rings is 1. The van der Waals surface area contributed by atoms with Crippen LogP contribution in [0.25, 0.3) is 0 Å². The summed E-state index contributed by atoms with van der Waals surface area (Å²) in [4.78, 5) is 0. The van der Waals surface area contributed by atoms with Crippen LogP contribution >= 0.6 is 23.2 Å². The van der Waals surface area contributed by atoms with Crippen molar-refractivity contribution in [2.75, 3.05) is 0 Å². The molecule has 0 N–H and O–H groups in total. The zero-order chi connectivity index (χ0) is 12.1. The minimum atomic E-state index is 0.261. The van der Waals surface area contributed by atoms with Gasteiger partial charge in [-0.25, -0.2) is 0 Å². The van der Waals surface area contributed by atoms with E-state index >= 15 is 0 Å². The van der Waals surface area contributed by atoms with Gasteiger partial charge in [-0.2, -0.15) is 0 Å². The number of hydrogen-bond acceptors (Lipinski definition) is 0. The Morgan fingerprint density at radius 3 is 2.65 bits per heavy atom. The van der Waals surface area contributed by atoms with Gasteiger partial charge in [-0.3, -0.25) is 0 Å². The van der Waals surface area contributed by atoms with Crippen LogP contribution < -0.4 is 0 Å². The summed E-state index contributed by atoms with van der Waals surface area (Å²) in [7, 11) is 0. The lowest BCUT2D eigenvalue weighted by molar-refractivity contribution is 0.334. The normalized spacial score (nSPS) is 19.2. The van der Waals surface area contributed by atoms with E-state index < -0.39 is 0 Å². The van der Waals surface area contributed by atoms with Crippen LogP contribution in [-0.4, -0.2) is 5.38 Å². The monoisotopic (exact) mass is 270 g/mol. The van der Waals surface area contributed by atoms with E-state index in [1.54, 1.807) is 0 Å². The molecular formula is C15H20Cl2. The van der Waals surface area contributed by atoms with Crippen molar-refractivity contribution in [2.24, 2.45) is 5.92 Å². The maximum absolute atomic E-state index is 6.46. The first-order valence-electron chi connectivity index (χ1n) is 6.62. The van der Waals surface area contributed by atoms with Gasteiger partial charge in [0.25, 0.3) is 0 Å². The summed E-state index contributed by atoms with van der Waals surface area (Å²) in [6, 6.07) is 8.05. The molecule has 0 spiro atoms. The summed E-state index contributed by atoms with van der Waals surface area (Å²) >= 11 is 12.4. The standard InChI is InChI=1S/C15H20Cl2/c16-14-8-4-7-13(10-14)11-15(17)9-12-5-2-1-3-6-12/h4,7-8,10,12,15H,1-3,5-6,9,11H2. The van der Waals surface area contributed by atoms with Crippen molar-refractivity contribution in [3.8, 4) is 0 Å². The Labute approximate surface area is 114 Å². The Hall–Kier alpha value is -0.200. The number of alkyl halides is 1. The molecular weight excluding hydrogens is 251 g/mol. The SMILES string of the molecule is Clc1cccc(CC(Cl)CC2CCCCC2)c1. The molecule has 0 heterocycles. The lowest BCUT2D eigenvalue weighted by Crippen LogP contribution is -2.14. The van der Waals surface area contributed by atoms with Crippen molar-refractivity contribution >= 4 is 23.2 Å². The van der Waals surface area contributed by atoms with Crippen molar-refractivity contribution in [1.29, 1.82) is 0 Å². The molecule has 0 bridgehead atoms. The predicted molar refractivity (Wildman–Crippen MR) is 76.0 cm³/mol. The Balaban J connectivity index is 1.82. The van der Waals surface area contributed by atoms with Crippen molar-refractivity contribution in [3.05, 3.63) is 34.9 Å². The van der Waals surface area contributed by atoms with Gasteiger partial charge >= 0.3 is 0 Å². The van der Waals surface area contributed by atoms with Gasteiger partial charge in [-0.15, -0.1) is 11.6 Å². The molecule has 0 amide bonds. The van der Waals surface area contributed by atoms with Crippen LogP contribution in [-0.2, 0) is 6.42 Å². The highest BCUT2D eigenvalue weighted by atomic mass is 35.5. The maximum Gasteiger partial charge on any atom is 0.0408 e. The number of rotatable bonds is 4. The molecule has 1 fully saturated rings. The molecule has 1 saturated carbocycles. The Morgan fingerprint density at radius 1 is 1.18 bits per heavy atom. The van der Waals surface area contributed by atoms with E-state index in [2.05, 4.69) is 6.07 Å². The molecule has 94 valence electrons. The molecule has 1 aromatic carbocycles. The van der Waals surface area contributed by atoms with E-state index in [9.17, 15) is 0 Å². The van der Waals surface area contributed by atoms with Crippen LogP contribution in [0.2, 0.25) is 5.02 Å². The van der Waals surface area contributed by atoms with Crippen molar-refractivity contribution in [1.82, 2.24) is 0 Å². The highest BCUT2D eigenvalue weighted by Gasteiger charge is 2.17. The zero-order valence-corrected chi connectivity index (χ0v) is 11.7. The molecule has 17 heavy (non-hydrogen) atoms. The summed E-state index contributed by atoms with van der Waals surface area (Å²) in [5.41, 5.74) is 1.26. The van der Waals surface area contributed by atoms with E-state index in [0.717, 1.165) is 23.8 Å². The highest BCUT2D eigenvalue weighted by molar-refractivity contribution is 6.30. The Kier molecular flexibility index (Phi) is 5.18. The van der Waals surface area contributed by atoms with E-state index in [1.165, 1.54) is 37.7 Å². The van der Waals surface area contributed by atoms with Gasteiger partial charge in [0.05, 0.1) is 0 Å². The predicted octanol–water partition coefficient (Wildman–Crippen LogP) is 5.46. The summed E-state index contributed by atoms with van der Waals surface area (Å²) < 4.78 is 0. The molecule has 0 saturated heterocycles. The van der Waals surface area contributed by atoms with E-state index in [-0.39, 0.29) is 5.38 Å². The first-order valence-corrected chi connectivity index (χ1v) is 7.44. The lowest BCUT2D eigenvalue weighted by atomic mass is 9.85. The molecule has 2 rings (SSSR count). The average molecular weight is 271 g/mol. The molecule has 0 aromatic heterocycles. The fraction of sp³-hybridized carbons (Fsp3) is 0.600. The van der Waals surface area contributed by atoms with E-state index in [0.29, 0.717) is 0 Å². The summed E-state index contributed by atoms with van der Waals surface area (Å²) in [5.74, 6) is 0.852. The van der Waals surface area contributed by atoms with Gasteiger partial charge in [-0.1, -0.05) is 55.8 Å². The van der Waals surface area contributed by atoms with Crippen LogP contribution in [0.5, 0.6) is 0 Å². The van der Waals surface area contributed by atoms with Crippen LogP contribution in [0.3, 0.4) is 0 Å².